The van der Waals surface area contributed by atoms with Gasteiger partial charge in [-0.1, -0.05) is 24.3 Å². The Bertz CT molecular complexity index is 1450. The van der Waals surface area contributed by atoms with Crippen LogP contribution in [0.4, 0.5) is 4.39 Å². The number of likely N-dealkylation sites (N-methyl/N-ethyl adjacent to an activating group) is 1. The minimum atomic E-state index is -1.30. The molecule has 46 heavy (non-hydrogen) atoms. The second-order valence-electron chi connectivity index (χ2n) is 14.5. The molecule has 1 N–H and O–H groups in total. The van der Waals surface area contributed by atoms with Gasteiger partial charge in [0.05, 0.1) is 35.9 Å². The number of ketones is 3. The van der Waals surface area contributed by atoms with E-state index in [1.165, 1.54) is 0 Å². The number of likely N-dealkylation sites (tertiary alicyclic amines) is 1. The van der Waals surface area contributed by atoms with Gasteiger partial charge >= 0.3 is 0 Å². The second kappa shape index (κ2) is 11.9. The number of Topliss-reactive ketones (excluding diaryl/α,β-unsaturated/α-hetero) is 3. The minimum Gasteiger partial charge on any atom is -0.369 e. The summed E-state index contributed by atoms with van der Waals surface area (Å²) in [6, 6.07) is 5.76. The highest BCUT2D eigenvalue weighted by molar-refractivity contribution is 6.20. The number of carbonyl (C=O) groups excluding carboxylic acids is 4. The second-order valence-corrected chi connectivity index (χ2v) is 14.5. The molecular weight excluding hydrogens is 589 g/mol. The molecule has 2 saturated carbocycles. The van der Waals surface area contributed by atoms with Crippen LogP contribution in [0.1, 0.15) is 52.8 Å². The predicted molar refractivity (Wildman–Crippen MR) is 167 cm³/mol. The molecule has 246 valence electrons. The van der Waals surface area contributed by atoms with Crippen LogP contribution in [-0.2, 0) is 14.3 Å². The molecule has 0 radical (unpaired) electrons. The zero-order valence-electron chi connectivity index (χ0n) is 26.5. The standard InChI is InChI=1S/C35H44FN5O5/c1-38-12-14-40(15-13-38)30-26(36)16-24-29-34(30)46-28-18-23-22(31(42)20-6-2-3-7-21(20)32(23)43)17-27(28)41(29)19-25(33(24)44)35(45)37-8-11-39-9-4-5-10-39/h2-3,6-7,19,22-24,26-30,34H,4-5,8-18H2,1H3,(H,37,45). The summed E-state index contributed by atoms with van der Waals surface area (Å²) in [6.45, 7) is 6.24. The van der Waals surface area contributed by atoms with Gasteiger partial charge in [0.2, 0.25) is 0 Å². The molecule has 7 aliphatic rings. The number of morpholine rings is 1. The molecule has 0 bridgehead atoms. The van der Waals surface area contributed by atoms with E-state index in [-0.39, 0.29) is 35.4 Å². The van der Waals surface area contributed by atoms with Gasteiger partial charge in [0.15, 0.2) is 17.3 Å². The van der Waals surface area contributed by atoms with Gasteiger partial charge in [-0.3, -0.25) is 24.1 Å². The summed E-state index contributed by atoms with van der Waals surface area (Å²) in [7, 11) is 2.06. The summed E-state index contributed by atoms with van der Waals surface area (Å²) >= 11 is 0. The summed E-state index contributed by atoms with van der Waals surface area (Å²) in [6.07, 6.45) is 2.45. The summed E-state index contributed by atoms with van der Waals surface area (Å²) < 4.78 is 23.3. The molecule has 3 saturated heterocycles. The third kappa shape index (κ3) is 4.96. The molecule has 5 fully saturated rings. The van der Waals surface area contributed by atoms with E-state index in [2.05, 4.69) is 32.0 Å². The molecule has 0 spiro atoms. The van der Waals surface area contributed by atoms with Crippen molar-refractivity contribution in [2.24, 2.45) is 17.8 Å². The Balaban J connectivity index is 1.13. The van der Waals surface area contributed by atoms with E-state index in [4.69, 9.17) is 4.74 Å². The lowest BCUT2D eigenvalue weighted by Gasteiger charge is -2.61. The summed E-state index contributed by atoms with van der Waals surface area (Å²) in [4.78, 5) is 64.0. The fourth-order valence-corrected chi connectivity index (χ4v) is 9.63. The number of fused-ring (bicyclic) bond motifs is 4. The van der Waals surface area contributed by atoms with Crippen molar-refractivity contribution in [1.82, 2.24) is 24.9 Å². The Kier molecular flexibility index (Phi) is 7.86. The molecule has 4 heterocycles. The van der Waals surface area contributed by atoms with Crippen molar-refractivity contribution in [3.8, 4) is 0 Å². The van der Waals surface area contributed by atoms with Crippen LogP contribution in [0.25, 0.3) is 0 Å². The first-order valence-electron chi connectivity index (χ1n) is 17.2. The molecule has 8 rings (SSSR count). The highest BCUT2D eigenvalue weighted by Crippen LogP contribution is 2.50. The number of alkyl halides is 1. The highest BCUT2D eigenvalue weighted by Gasteiger charge is 2.62. The molecule has 4 aliphatic heterocycles. The van der Waals surface area contributed by atoms with E-state index >= 15 is 4.39 Å². The van der Waals surface area contributed by atoms with E-state index in [1.54, 1.807) is 30.5 Å². The van der Waals surface area contributed by atoms with Crippen molar-refractivity contribution in [3.05, 3.63) is 47.2 Å². The van der Waals surface area contributed by atoms with Crippen LogP contribution in [0, 0.1) is 17.8 Å². The maximum atomic E-state index is 16.4. The molecule has 1 amide bonds. The number of rotatable bonds is 5. The average molecular weight is 634 g/mol. The zero-order valence-corrected chi connectivity index (χ0v) is 26.5. The molecule has 3 aliphatic carbocycles. The molecule has 10 nitrogen and oxygen atoms in total. The third-order valence-electron chi connectivity index (χ3n) is 12.0. The minimum absolute atomic E-state index is 0.0305. The molecular formula is C35H44FN5O5. The normalized spacial score (nSPS) is 38.0. The van der Waals surface area contributed by atoms with Gasteiger partial charge in [-0.2, -0.15) is 0 Å². The lowest BCUT2D eigenvalue weighted by Crippen LogP contribution is -2.74. The van der Waals surface area contributed by atoms with Crippen LogP contribution < -0.4 is 5.32 Å². The van der Waals surface area contributed by atoms with E-state index in [9.17, 15) is 19.2 Å². The van der Waals surface area contributed by atoms with Gasteiger partial charge in [0.25, 0.3) is 5.91 Å². The highest BCUT2D eigenvalue weighted by atomic mass is 19.1. The summed E-state index contributed by atoms with van der Waals surface area (Å²) in [5, 5.41) is 2.96. The summed E-state index contributed by atoms with van der Waals surface area (Å²) in [5.74, 6) is -2.55. The van der Waals surface area contributed by atoms with Gasteiger partial charge in [-0.15, -0.1) is 0 Å². The number of halogens is 1. The van der Waals surface area contributed by atoms with Crippen LogP contribution in [0.2, 0.25) is 0 Å². The Labute approximate surface area is 269 Å². The maximum absolute atomic E-state index is 16.4. The van der Waals surface area contributed by atoms with E-state index < -0.39 is 54.1 Å². The number of hydrogen-bond acceptors (Lipinski definition) is 9. The Morgan fingerprint density at radius 2 is 1.54 bits per heavy atom. The molecule has 9 atom stereocenters. The van der Waals surface area contributed by atoms with E-state index in [0.717, 1.165) is 45.6 Å². The first-order chi connectivity index (χ1) is 22.3. The topological polar surface area (TPSA) is 103 Å². The van der Waals surface area contributed by atoms with Gasteiger partial charge < -0.3 is 24.8 Å². The Morgan fingerprint density at radius 1 is 0.870 bits per heavy atom. The van der Waals surface area contributed by atoms with Crippen molar-refractivity contribution < 1.29 is 28.3 Å². The molecule has 1 aromatic carbocycles. The van der Waals surface area contributed by atoms with Gasteiger partial charge in [-0.25, -0.2) is 4.39 Å². The van der Waals surface area contributed by atoms with Gasteiger partial charge in [0, 0.05) is 74.3 Å². The van der Waals surface area contributed by atoms with Crippen molar-refractivity contribution in [3.63, 3.8) is 0 Å². The average Bonchev–Trinajstić information content (AvgIpc) is 3.58. The fraction of sp³-hybridized carbons (Fsp3) is 0.657. The van der Waals surface area contributed by atoms with Crippen molar-refractivity contribution >= 4 is 23.3 Å². The van der Waals surface area contributed by atoms with Crippen molar-refractivity contribution in [2.45, 2.75) is 68.6 Å². The van der Waals surface area contributed by atoms with Crippen LogP contribution >= 0.6 is 0 Å². The number of nitrogens with one attached hydrogen (secondary N) is 1. The number of nitrogens with zero attached hydrogens (tertiary/aromatic N) is 4. The lowest BCUT2D eigenvalue weighted by atomic mass is 9.63. The van der Waals surface area contributed by atoms with Crippen LogP contribution in [0.15, 0.2) is 36.0 Å². The molecule has 0 aromatic heterocycles. The lowest BCUT2D eigenvalue weighted by molar-refractivity contribution is -0.217. The fourth-order valence-electron chi connectivity index (χ4n) is 9.63. The van der Waals surface area contributed by atoms with Crippen LogP contribution in [0.5, 0.6) is 0 Å². The smallest absolute Gasteiger partial charge is 0.256 e. The first kappa shape index (κ1) is 30.4. The zero-order chi connectivity index (χ0) is 31.7. The Morgan fingerprint density at radius 3 is 2.24 bits per heavy atom. The maximum Gasteiger partial charge on any atom is 0.256 e. The third-order valence-corrected chi connectivity index (χ3v) is 12.0. The Hall–Kier alpha value is -2.99. The SMILES string of the molecule is CN1CCN(C2C(F)CC3C(=O)C(C(=O)NCCN4CCCC4)=CN4C5CC6C(=O)c7ccccc7C(=O)C6CC5OC2C34)CC1. The van der Waals surface area contributed by atoms with Gasteiger partial charge in [-0.05, 0) is 52.2 Å². The van der Waals surface area contributed by atoms with E-state index in [1.807, 2.05) is 0 Å². The predicted octanol–water partition coefficient (Wildman–Crippen LogP) is 1.55. The summed E-state index contributed by atoms with van der Waals surface area (Å²) in [5.41, 5.74) is 0.995. The molecule has 9 unspecified atom stereocenters. The van der Waals surface area contributed by atoms with Crippen molar-refractivity contribution in [1.29, 1.82) is 0 Å². The monoisotopic (exact) mass is 633 g/mol. The van der Waals surface area contributed by atoms with Crippen molar-refractivity contribution in [2.75, 3.05) is 59.4 Å². The van der Waals surface area contributed by atoms with E-state index in [0.29, 0.717) is 43.6 Å². The number of carbonyl (C=O) groups is 4. The van der Waals surface area contributed by atoms with Gasteiger partial charge in [0.1, 0.15) is 6.17 Å². The number of benzene rings is 1. The number of piperazine rings is 1. The molecule has 11 heteroatoms. The van der Waals surface area contributed by atoms with Crippen LogP contribution in [-0.4, -0.2) is 139 Å². The largest absolute Gasteiger partial charge is 0.369 e. The number of ether oxygens (including phenoxy) is 1. The quantitative estimate of drug-likeness (QED) is 0.484. The number of amides is 1. The molecule has 1 aromatic rings. The number of hydrogen-bond donors (Lipinski definition) is 1. The van der Waals surface area contributed by atoms with Crippen LogP contribution in [0.3, 0.4) is 0 Å². The first-order valence-corrected chi connectivity index (χ1v) is 17.2.